The number of halogens is 1. The van der Waals surface area contributed by atoms with E-state index in [4.69, 9.17) is 0 Å². The zero-order valence-corrected chi connectivity index (χ0v) is 13.2. The smallest absolute Gasteiger partial charge is 0.315 e. The van der Waals surface area contributed by atoms with Crippen molar-refractivity contribution in [3.8, 4) is 0 Å². The van der Waals surface area contributed by atoms with Gasteiger partial charge >= 0.3 is 6.03 Å². The van der Waals surface area contributed by atoms with Crippen molar-refractivity contribution in [2.75, 3.05) is 6.54 Å². The van der Waals surface area contributed by atoms with Gasteiger partial charge in [0.05, 0.1) is 6.04 Å². The number of rotatable bonds is 5. The SMILES string of the molecule is C[C@@H](Cc1ccc(F)cc1)NC(=O)N[C@@H]1CC(=O)N(C2CC2)C1. The Morgan fingerprint density at radius 1 is 1.35 bits per heavy atom. The van der Waals surface area contributed by atoms with E-state index >= 15 is 0 Å². The van der Waals surface area contributed by atoms with Gasteiger partial charge in [-0.25, -0.2) is 9.18 Å². The highest BCUT2D eigenvalue weighted by Crippen LogP contribution is 2.30. The van der Waals surface area contributed by atoms with E-state index in [0.29, 0.717) is 25.4 Å². The average molecular weight is 319 g/mol. The number of carbonyl (C=O) groups excluding carboxylic acids is 2. The van der Waals surface area contributed by atoms with Crippen LogP contribution in [0.25, 0.3) is 0 Å². The van der Waals surface area contributed by atoms with E-state index in [-0.39, 0.29) is 29.8 Å². The molecule has 1 saturated carbocycles. The van der Waals surface area contributed by atoms with Crippen LogP contribution >= 0.6 is 0 Å². The molecule has 6 heteroatoms. The molecule has 2 N–H and O–H groups in total. The molecule has 0 radical (unpaired) electrons. The summed E-state index contributed by atoms with van der Waals surface area (Å²) in [7, 11) is 0. The normalized spacial score (nSPS) is 22.1. The maximum atomic E-state index is 12.9. The number of urea groups is 1. The zero-order chi connectivity index (χ0) is 16.4. The van der Waals surface area contributed by atoms with Crippen LogP contribution in [0, 0.1) is 5.82 Å². The third-order valence-electron chi connectivity index (χ3n) is 4.31. The summed E-state index contributed by atoms with van der Waals surface area (Å²) in [5.41, 5.74) is 0.968. The Labute approximate surface area is 135 Å². The van der Waals surface area contributed by atoms with Gasteiger partial charge in [-0.15, -0.1) is 0 Å². The number of carbonyl (C=O) groups is 2. The lowest BCUT2D eigenvalue weighted by Gasteiger charge is -2.18. The molecule has 1 saturated heterocycles. The molecule has 0 unspecified atom stereocenters. The summed E-state index contributed by atoms with van der Waals surface area (Å²) in [6, 6.07) is 6.23. The molecule has 23 heavy (non-hydrogen) atoms. The zero-order valence-electron chi connectivity index (χ0n) is 13.2. The van der Waals surface area contributed by atoms with Crippen molar-refractivity contribution in [1.29, 1.82) is 0 Å². The van der Waals surface area contributed by atoms with E-state index in [0.717, 1.165) is 18.4 Å². The highest BCUT2D eigenvalue weighted by Gasteiger charge is 2.39. The van der Waals surface area contributed by atoms with Crippen molar-refractivity contribution >= 4 is 11.9 Å². The van der Waals surface area contributed by atoms with Crippen LogP contribution < -0.4 is 10.6 Å². The van der Waals surface area contributed by atoms with Crippen molar-refractivity contribution in [3.63, 3.8) is 0 Å². The third kappa shape index (κ3) is 4.21. The molecular formula is C17H22FN3O2. The second-order valence-corrected chi connectivity index (χ2v) is 6.53. The lowest BCUT2D eigenvalue weighted by Crippen LogP contribution is -2.46. The molecule has 1 aliphatic heterocycles. The lowest BCUT2D eigenvalue weighted by molar-refractivity contribution is -0.128. The first-order chi connectivity index (χ1) is 11.0. The van der Waals surface area contributed by atoms with Crippen LogP contribution in [0.4, 0.5) is 9.18 Å². The Kier molecular flexibility index (Phi) is 4.50. The summed E-state index contributed by atoms with van der Waals surface area (Å²) in [6.45, 7) is 2.52. The fourth-order valence-electron chi connectivity index (χ4n) is 3.04. The monoisotopic (exact) mass is 319 g/mol. The van der Waals surface area contributed by atoms with E-state index in [1.807, 2.05) is 11.8 Å². The first-order valence-electron chi connectivity index (χ1n) is 8.12. The molecule has 0 aromatic heterocycles. The Bertz CT molecular complexity index is 586. The molecule has 1 aromatic rings. The molecule has 2 aliphatic rings. The predicted octanol–water partition coefficient (Wildman–Crippen LogP) is 1.82. The standard InChI is InChI=1S/C17H22FN3O2/c1-11(8-12-2-4-13(18)5-3-12)19-17(23)20-14-9-16(22)21(10-14)15-6-7-15/h2-5,11,14-15H,6-10H2,1H3,(H2,19,20,23)/t11-,14+/m0/s1. The van der Waals surface area contributed by atoms with E-state index in [1.165, 1.54) is 12.1 Å². The van der Waals surface area contributed by atoms with E-state index in [9.17, 15) is 14.0 Å². The molecule has 0 spiro atoms. The molecule has 5 nitrogen and oxygen atoms in total. The molecule has 3 rings (SSSR count). The first-order valence-corrected chi connectivity index (χ1v) is 8.12. The number of benzene rings is 1. The predicted molar refractivity (Wildman–Crippen MR) is 84.4 cm³/mol. The van der Waals surface area contributed by atoms with Gasteiger partial charge in [-0.2, -0.15) is 0 Å². The second kappa shape index (κ2) is 6.56. The third-order valence-corrected chi connectivity index (χ3v) is 4.31. The van der Waals surface area contributed by atoms with Crippen LogP contribution in [-0.2, 0) is 11.2 Å². The lowest BCUT2D eigenvalue weighted by atomic mass is 10.1. The Balaban J connectivity index is 1.43. The van der Waals surface area contributed by atoms with Gasteiger partial charge in [0.2, 0.25) is 5.91 Å². The van der Waals surface area contributed by atoms with Crippen LogP contribution in [0.1, 0.15) is 31.7 Å². The molecule has 2 fully saturated rings. The van der Waals surface area contributed by atoms with Gasteiger partial charge in [0.25, 0.3) is 0 Å². The highest BCUT2D eigenvalue weighted by molar-refractivity contribution is 5.82. The summed E-state index contributed by atoms with van der Waals surface area (Å²) in [6.07, 6.45) is 3.18. The van der Waals surface area contributed by atoms with Gasteiger partial charge in [0.15, 0.2) is 0 Å². The maximum absolute atomic E-state index is 12.9. The molecule has 124 valence electrons. The van der Waals surface area contributed by atoms with Gasteiger partial charge in [0, 0.05) is 25.0 Å². The quantitative estimate of drug-likeness (QED) is 0.870. The van der Waals surface area contributed by atoms with Gasteiger partial charge in [0.1, 0.15) is 5.82 Å². The highest BCUT2D eigenvalue weighted by atomic mass is 19.1. The number of nitrogens with zero attached hydrogens (tertiary/aromatic N) is 1. The van der Waals surface area contributed by atoms with Gasteiger partial charge in [-0.1, -0.05) is 12.1 Å². The van der Waals surface area contributed by atoms with E-state index in [2.05, 4.69) is 10.6 Å². The first kappa shape index (κ1) is 15.8. The minimum Gasteiger partial charge on any atom is -0.338 e. The summed E-state index contributed by atoms with van der Waals surface area (Å²) in [4.78, 5) is 25.8. The van der Waals surface area contributed by atoms with Crippen LogP contribution in [-0.4, -0.2) is 41.5 Å². The molecule has 1 aliphatic carbocycles. The van der Waals surface area contributed by atoms with E-state index < -0.39 is 0 Å². The summed E-state index contributed by atoms with van der Waals surface area (Å²) >= 11 is 0. The van der Waals surface area contributed by atoms with Crippen LogP contribution in [0.15, 0.2) is 24.3 Å². The van der Waals surface area contributed by atoms with Crippen molar-refractivity contribution < 1.29 is 14.0 Å². The summed E-state index contributed by atoms with van der Waals surface area (Å²) < 4.78 is 12.9. The summed E-state index contributed by atoms with van der Waals surface area (Å²) in [5, 5.41) is 5.75. The Hall–Kier alpha value is -2.11. The van der Waals surface area contributed by atoms with Gasteiger partial charge in [-0.05, 0) is 43.9 Å². The van der Waals surface area contributed by atoms with Crippen molar-refractivity contribution in [1.82, 2.24) is 15.5 Å². The maximum Gasteiger partial charge on any atom is 0.315 e. The fraction of sp³-hybridized carbons (Fsp3) is 0.529. The average Bonchev–Trinajstić information content (AvgIpc) is 3.26. The molecule has 1 heterocycles. The van der Waals surface area contributed by atoms with Crippen LogP contribution in [0.3, 0.4) is 0 Å². The number of amides is 3. The number of likely N-dealkylation sites (tertiary alicyclic amines) is 1. The minimum absolute atomic E-state index is 0.0721. The van der Waals surface area contributed by atoms with Gasteiger partial charge in [-0.3, -0.25) is 4.79 Å². The van der Waals surface area contributed by atoms with Crippen molar-refractivity contribution in [2.24, 2.45) is 0 Å². The van der Waals surface area contributed by atoms with E-state index in [1.54, 1.807) is 12.1 Å². The van der Waals surface area contributed by atoms with Crippen LogP contribution in [0.5, 0.6) is 0 Å². The fourth-order valence-corrected chi connectivity index (χ4v) is 3.04. The van der Waals surface area contributed by atoms with Crippen molar-refractivity contribution in [2.45, 2.75) is 50.7 Å². The Morgan fingerprint density at radius 3 is 2.70 bits per heavy atom. The topological polar surface area (TPSA) is 61.4 Å². The number of hydrogen-bond donors (Lipinski definition) is 2. The minimum atomic E-state index is -0.266. The van der Waals surface area contributed by atoms with Crippen LogP contribution in [0.2, 0.25) is 0 Å². The molecule has 0 bridgehead atoms. The molecular weight excluding hydrogens is 297 g/mol. The molecule has 1 aromatic carbocycles. The van der Waals surface area contributed by atoms with Gasteiger partial charge < -0.3 is 15.5 Å². The van der Waals surface area contributed by atoms with Crippen molar-refractivity contribution in [3.05, 3.63) is 35.6 Å². The number of nitrogens with one attached hydrogen (secondary N) is 2. The number of hydrogen-bond acceptors (Lipinski definition) is 2. The summed E-state index contributed by atoms with van der Waals surface area (Å²) in [5.74, 6) is -0.129. The second-order valence-electron chi connectivity index (χ2n) is 6.53. The molecule has 3 amide bonds. The Morgan fingerprint density at radius 2 is 2.04 bits per heavy atom. The largest absolute Gasteiger partial charge is 0.338 e. The molecule has 2 atom stereocenters.